The number of hydrogen-bond acceptors (Lipinski definition) is 3. The van der Waals surface area contributed by atoms with Gasteiger partial charge in [0.15, 0.2) is 0 Å². The molecule has 3 nitrogen and oxygen atoms in total. The zero-order chi connectivity index (χ0) is 6.97. The molecule has 0 amide bonds. The van der Waals surface area contributed by atoms with Crippen molar-refractivity contribution in [2.24, 2.45) is 9.98 Å². The maximum Gasteiger partial charge on any atom is 0.225 e. The Kier molecular flexibility index (Phi) is 1.24. The summed E-state index contributed by atoms with van der Waals surface area (Å²) in [5.41, 5.74) is 0. The van der Waals surface area contributed by atoms with Crippen LogP contribution in [0.5, 0.6) is 0 Å². The lowest BCUT2D eigenvalue weighted by atomic mass is 10.5. The van der Waals surface area contributed by atoms with Gasteiger partial charge in [-0.25, -0.2) is 9.98 Å². The van der Waals surface area contributed by atoms with Gasteiger partial charge in [-0.3, -0.25) is 4.90 Å². The summed E-state index contributed by atoms with van der Waals surface area (Å²) in [6, 6.07) is 0. The van der Waals surface area contributed by atoms with Gasteiger partial charge in [0, 0.05) is 12.8 Å². The van der Waals surface area contributed by atoms with E-state index in [2.05, 4.69) is 9.98 Å². The number of allylic oxidation sites excluding steroid dienone is 1. The highest BCUT2D eigenvalue weighted by Crippen LogP contribution is 2.16. The van der Waals surface area contributed by atoms with Gasteiger partial charge in [-0.05, 0) is 6.08 Å². The molecule has 0 aliphatic carbocycles. The van der Waals surface area contributed by atoms with Crippen molar-refractivity contribution in [3.63, 3.8) is 0 Å². The molecule has 0 radical (unpaired) electrons. The molecule has 4 heteroatoms. The van der Waals surface area contributed by atoms with Crippen molar-refractivity contribution in [2.75, 3.05) is 13.1 Å². The fourth-order valence-corrected chi connectivity index (χ4v) is 1.22. The maximum atomic E-state index is 5.83. The van der Waals surface area contributed by atoms with Gasteiger partial charge in [0.25, 0.3) is 0 Å². The monoisotopic (exact) mass is 155 g/mol. The number of nitrogens with zero attached hydrogens (tertiary/aromatic N) is 3. The Morgan fingerprint density at radius 1 is 1.60 bits per heavy atom. The first-order valence-corrected chi connectivity index (χ1v) is 3.47. The number of hydrogen-bond donors (Lipinski definition) is 0. The Balaban J connectivity index is 2.36. The second-order valence-corrected chi connectivity index (χ2v) is 2.49. The van der Waals surface area contributed by atoms with Gasteiger partial charge < -0.3 is 0 Å². The Hall–Kier alpha value is -0.830. The van der Waals surface area contributed by atoms with Gasteiger partial charge in [-0.15, -0.1) is 0 Å². The van der Waals surface area contributed by atoms with Crippen molar-refractivity contribution in [3.05, 3.63) is 11.2 Å². The summed E-state index contributed by atoms with van der Waals surface area (Å²) in [6.07, 6.45) is 3.44. The van der Waals surface area contributed by atoms with E-state index in [-0.39, 0.29) is 0 Å². The van der Waals surface area contributed by atoms with Crippen molar-refractivity contribution < 1.29 is 0 Å². The van der Waals surface area contributed by atoms with Crippen LogP contribution < -0.4 is 0 Å². The number of aliphatic imine (C=N–C) groups is 2. The van der Waals surface area contributed by atoms with Crippen molar-refractivity contribution in [2.45, 2.75) is 0 Å². The summed E-state index contributed by atoms with van der Waals surface area (Å²) in [4.78, 5) is 10.0. The van der Waals surface area contributed by atoms with Crippen LogP contribution in [0.1, 0.15) is 0 Å². The largest absolute Gasteiger partial charge is 0.299 e. The van der Waals surface area contributed by atoms with Gasteiger partial charge >= 0.3 is 0 Å². The minimum absolute atomic E-state index is 0.714. The van der Waals surface area contributed by atoms with Crippen molar-refractivity contribution in [1.29, 1.82) is 0 Å². The number of fused-ring (bicyclic) bond motifs is 1. The molecule has 0 spiro atoms. The van der Waals surface area contributed by atoms with Gasteiger partial charge in [-0.1, -0.05) is 11.6 Å². The van der Waals surface area contributed by atoms with Crippen LogP contribution in [0.15, 0.2) is 21.2 Å². The molecule has 0 aromatic heterocycles. The predicted octanol–water partition coefficient (Wildman–Crippen LogP) is 0.823. The standard InChI is InChI=1S/C6H6ClN3/c7-5-1-2-8-6-9-3-4-10(5)6/h1-2H,3-4H2. The first kappa shape index (κ1) is 5.92. The molecule has 0 saturated heterocycles. The maximum absolute atomic E-state index is 5.83. The van der Waals surface area contributed by atoms with E-state index in [1.165, 1.54) is 0 Å². The summed E-state index contributed by atoms with van der Waals surface area (Å²) >= 11 is 5.83. The number of rotatable bonds is 0. The summed E-state index contributed by atoms with van der Waals surface area (Å²) in [5, 5.41) is 0.714. The summed E-state index contributed by atoms with van der Waals surface area (Å²) < 4.78 is 0. The van der Waals surface area contributed by atoms with Crippen LogP contribution in [0.3, 0.4) is 0 Å². The lowest BCUT2D eigenvalue weighted by Gasteiger charge is -2.17. The van der Waals surface area contributed by atoms with Crippen LogP contribution in [-0.2, 0) is 0 Å². The molecule has 2 rings (SSSR count). The van der Waals surface area contributed by atoms with E-state index < -0.39 is 0 Å². The summed E-state index contributed by atoms with van der Waals surface area (Å²) in [5.74, 6) is 0.743. The normalized spacial score (nSPS) is 22.3. The van der Waals surface area contributed by atoms with Crippen LogP contribution in [0.25, 0.3) is 0 Å². The zero-order valence-corrected chi connectivity index (χ0v) is 6.04. The highest BCUT2D eigenvalue weighted by molar-refractivity contribution is 6.32. The fraction of sp³-hybridized carbons (Fsp3) is 0.333. The minimum Gasteiger partial charge on any atom is -0.299 e. The van der Waals surface area contributed by atoms with E-state index in [1.807, 2.05) is 4.90 Å². The molecule has 0 saturated carbocycles. The van der Waals surface area contributed by atoms with E-state index in [9.17, 15) is 0 Å². The average molecular weight is 156 g/mol. The zero-order valence-electron chi connectivity index (χ0n) is 5.29. The van der Waals surface area contributed by atoms with Gasteiger partial charge in [-0.2, -0.15) is 0 Å². The van der Waals surface area contributed by atoms with Crippen LogP contribution in [-0.4, -0.2) is 30.2 Å². The Morgan fingerprint density at radius 2 is 2.50 bits per heavy atom. The van der Waals surface area contributed by atoms with Crippen LogP contribution >= 0.6 is 11.6 Å². The van der Waals surface area contributed by atoms with E-state index in [1.54, 1.807) is 12.3 Å². The van der Waals surface area contributed by atoms with E-state index in [4.69, 9.17) is 11.6 Å². The molecule has 10 heavy (non-hydrogen) atoms. The molecule has 2 heterocycles. The number of guanidine groups is 1. The topological polar surface area (TPSA) is 28.0 Å². The van der Waals surface area contributed by atoms with Crippen molar-refractivity contribution in [1.82, 2.24) is 4.90 Å². The fourth-order valence-electron chi connectivity index (χ4n) is 1.00. The SMILES string of the molecule is ClC1=CC=NC2=NCCN12. The molecule has 0 bridgehead atoms. The molecule has 0 N–H and O–H groups in total. The summed E-state index contributed by atoms with van der Waals surface area (Å²) in [7, 11) is 0. The van der Waals surface area contributed by atoms with Crippen molar-refractivity contribution in [3.8, 4) is 0 Å². The summed E-state index contributed by atoms with van der Waals surface area (Å²) in [6.45, 7) is 1.67. The van der Waals surface area contributed by atoms with Gasteiger partial charge in [0.2, 0.25) is 5.96 Å². The Morgan fingerprint density at radius 3 is 3.30 bits per heavy atom. The highest BCUT2D eigenvalue weighted by Gasteiger charge is 2.19. The molecule has 0 atom stereocenters. The van der Waals surface area contributed by atoms with Crippen molar-refractivity contribution >= 4 is 23.8 Å². The molecule has 0 aromatic rings. The van der Waals surface area contributed by atoms with Gasteiger partial charge in [0.1, 0.15) is 5.16 Å². The quantitative estimate of drug-likeness (QED) is 0.476. The Bertz CT molecular complexity index is 241. The second-order valence-electron chi connectivity index (χ2n) is 2.10. The molecular weight excluding hydrogens is 150 g/mol. The van der Waals surface area contributed by atoms with E-state index >= 15 is 0 Å². The third-order valence-electron chi connectivity index (χ3n) is 1.48. The van der Waals surface area contributed by atoms with Crippen LogP contribution in [0, 0.1) is 0 Å². The van der Waals surface area contributed by atoms with E-state index in [0.29, 0.717) is 5.16 Å². The van der Waals surface area contributed by atoms with Gasteiger partial charge in [0.05, 0.1) is 6.54 Å². The third kappa shape index (κ3) is 0.743. The molecule has 52 valence electrons. The van der Waals surface area contributed by atoms with Crippen LogP contribution in [0.2, 0.25) is 0 Å². The molecule has 2 aliphatic rings. The second kappa shape index (κ2) is 2.09. The first-order valence-electron chi connectivity index (χ1n) is 3.10. The van der Waals surface area contributed by atoms with Crippen LogP contribution in [0.4, 0.5) is 0 Å². The Labute approximate surface area is 63.7 Å². The van der Waals surface area contributed by atoms with E-state index in [0.717, 1.165) is 19.0 Å². The molecule has 0 aromatic carbocycles. The first-order chi connectivity index (χ1) is 4.88. The highest BCUT2D eigenvalue weighted by atomic mass is 35.5. The molecular formula is C6H6ClN3. The molecule has 0 fully saturated rings. The lowest BCUT2D eigenvalue weighted by molar-refractivity contribution is 0.588. The smallest absolute Gasteiger partial charge is 0.225 e. The molecule has 2 aliphatic heterocycles. The number of halogens is 1. The lowest BCUT2D eigenvalue weighted by Crippen LogP contribution is -2.25. The predicted molar refractivity (Wildman–Crippen MR) is 41.4 cm³/mol. The molecule has 0 unspecified atom stereocenters. The average Bonchev–Trinajstić information content (AvgIpc) is 2.36. The minimum atomic E-state index is 0.714. The third-order valence-corrected chi connectivity index (χ3v) is 1.81.